The van der Waals surface area contributed by atoms with Gasteiger partial charge in [-0.05, 0) is 42.0 Å². The van der Waals surface area contributed by atoms with Crippen molar-refractivity contribution in [2.45, 2.75) is 18.9 Å². The fourth-order valence-corrected chi connectivity index (χ4v) is 3.37. The van der Waals surface area contributed by atoms with Crippen LogP contribution in [0.4, 0.5) is 5.69 Å². The molecular formula is C17H16BrNO2. The Kier molecular flexibility index (Phi) is 3.26. The zero-order valence-electron chi connectivity index (χ0n) is 11.6. The van der Waals surface area contributed by atoms with E-state index in [1.165, 1.54) is 11.1 Å². The van der Waals surface area contributed by atoms with E-state index < -0.39 is 0 Å². The number of hydrogen-bond donors (Lipinski definition) is 1. The summed E-state index contributed by atoms with van der Waals surface area (Å²) < 4.78 is 12.4. The predicted molar refractivity (Wildman–Crippen MR) is 86.3 cm³/mol. The Bertz CT molecular complexity index is 686. The predicted octanol–water partition coefficient (Wildman–Crippen LogP) is 4.32. The summed E-state index contributed by atoms with van der Waals surface area (Å²) in [7, 11) is 0. The number of ether oxygens (including phenoxy) is 2. The monoisotopic (exact) mass is 345 g/mol. The molecule has 1 unspecified atom stereocenters. The van der Waals surface area contributed by atoms with Gasteiger partial charge in [0, 0.05) is 28.6 Å². The van der Waals surface area contributed by atoms with E-state index in [1.54, 1.807) is 0 Å². The van der Waals surface area contributed by atoms with E-state index >= 15 is 0 Å². The largest absolute Gasteiger partial charge is 0.493 e. The lowest BCUT2D eigenvalue weighted by Crippen LogP contribution is -2.20. The van der Waals surface area contributed by atoms with Crippen molar-refractivity contribution in [1.82, 2.24) is 0 Å². The number of nitrogens with one attached hydrogen (secondary N) is 1. The molecule has 0 radical (unpaired) electrons. The number of fused-ring (bicyclic) bond motifs is 2. The third kappa shape index (κ3) is 2.48. The lowest BCUT2D eigenvalue weighted by atomic mass is 10.00. The number of halogens is 1. The third-order valence-electron chi connectivity index (χ3n) is 4.04. The van der Waals surface area contributed by atoms with Gasteiger partial charge in [0.1, 0.15) is 11.5 Å². The van der Waals surface area contributed by atoms with Crippen LogP contribution < -0.4 is 14.8 Å². The van der Waals surface area contributed by atoms with Gasteiger partial charge < -0.3 is 14.8 Å². The highest BCUT2D eigenvalue weighted by molar-refractivity contribution is 9.10. The van der Waals surface area contributed by atoms with Gasteiger partial charge in [0.25, 0.3) is 0 Å². The molecule has 4 rings (SSSR count). The Morgan fingerprint density at radius 2 is 1.86 bits per heavy atom. The SMILES string of the molecule is Brc1ccc2c(c1)C(Nc1ccc3c(c1)CCO3)CCO2. The highest BCUT2D eigenvalue weighted by Crippen LogP contribution is 2.37. The first kappa shape index (κ1) is 13.0. The molecule has 1 N–H and O–H groups in total. The standard InChI is InChI=1S/C17H16BrNO2/c18-12-1-3-17-14(10-12)15(6-8-21-17)19-13-2-4-16-11(9-13)5-7-20-16/h1-4,9-10,15,19H,5-8H2. The number of rotatable bonds is 2. The van der Waals surface area contributed by atoms with Crippen LogP contribution in [-0.4, -0.2) is 13.2 Å². The van der Waals surface area contributed by atoms with Crippen molar-refractivity contribution in [3.63, 3.8) is 0 Å². The highest BCUT2D eigenvalue weighted by atomic mass is 79.9. The molecule has 1 atom stereocenters. The van der Waals surface area contributed by atoms with Gasteiger partial charge in [0.15, 0.2) is 0 Å². The molecule has 2 aromatic rings. The van der Waals surface area contributed by atoms with Crippen LogP contribution in [0, 0.1) is 0 Å². The van der Waals surface area contributed by atoms with E-state index in [0.717, 1.165) is 47.7 Å². The van der Waals surface area contributed by atoms with Crippen molar-refractivity contribution in [3.8, 4) is 11.5 Å². The molecule has 108 valence electrons. The van der Waals surface area contributed by atoms with Crippen LogP contribution in [0.15, 0.2) is 40.9 Å². The number of benzene rings is 2. The molecule has 2 aliphatic rings. The van der Waals surface area contributed by atoms with Crippen LogP contribution in [0.25, 0.3) is 0 Å². The van der Waals surface area contributed by atoms with E-state index in [1.807, 2.05) is 12.1 Å². The van der Waals surface area contributed by atoms with Crippen LogP contribution in [0.3, 0.4) is 0 Å². The normalized spacial score (nSPS) is 19.2. The fraction of sp³-hybridized carbons (Fsp3) is 0.294. The maximum Gasteiger partial charge on any atom is 0.124 e. The van der Waals surface area contributed by atoms with Crippen LogP contribution in [0.2, 0.25) is 0 Å². The van der Waals surface area contributed by atoms with E-state index in [4.69, 9.17) is 9.47 Å². The summed E-state index contributed by atoms with van der Waals surface area (Å²) in [6.07, 6.45) is 1.97. The lowest BCUT2D eigenvalue weighted by Gasteiger charge is -2.28. The minimum absolute atomic E-state index is 0.284. The smallest absolute Gasteiger partial charge is 0.124 e. The van der Waals surface area contributed by atoms with Gasteiger partial charge in [0.2, 0.25) is 0 Å². The summed E-state index contributed by atoms with van der Waals surface area (Å²) in [4.78, 5) is 0. The number of anilines is 1. The fourth-order valence-electron chi connectivity index (χ4n) is 2.99. The molecule has 0 amide bonds. The molecule has 2 aromatic carbocycles. The molecule has 0 aromatic heterocycles. The van der Waals surface area contributed by atoms with Crippen LogP contribution >= 0.6 is 15.9 Å². The zero-order chi connectivity index (χ0) is 14.2. The van der Waals surface area contributed by atoms with Gasteiger partial charge >= 0.3 is 0 Å². The minimum atomic E-state index is 0.284. The van der Waals surface area contributed by atoms with Crippen LogP contribution in [-0.2, 0) is 6.42 Å². The summed E-state index contributed by atoms with van der Waals surface area (Å²) >= 11 is 3.54. The molecule has 0 fully saturated rings. The maximum absolute atomic E-state index is 5.74. The molecule has 2 heterocycles. The summed E-state index contributed by atoms with van der Waals surface area (Å²) in [6.45, 7) is 1.55. The van der Waals surface area contributed by atoms with Gasteiger partial charge in [-0.25, -0.2) is 0 Å². The summed E-state index contributed by atoms with van der Waals surface area (Å²) in [5.41, 5.74) is 3.66. The second-order valence-electron chi connectivity index (χ2n) is 5.44. The van der Waals surface area contributed by atoms with Gasteiger partial charge in [-0.3, -0.25) is 0 Å². The van der Waals surface area contributed by atoms with Crippen molar-refractivity contribution in [3.05, 3.63) is 52.0 Å². The third-order valence-corrected chi connectivity index (χ3v) is 4.53. The molecule has 2 aliphatic heterocycles. The van der Waals surface area contributed by atoms with Crippen molar-refractivity contribution < 1.29 is 9.47 Å². The van der Waals surface area contributed by atoms with Crippen molar-refractivity contribution >= 4 is 21.6 Å². The van der Waals surface area contributed by atoms with E-state index in [0.29, 0.717) is 0 Å². The Labute approximate surface area is 132 Å². The van der Waals surface area contributed by atoms with Crippen molar-refractivity contribution in [1.29, 1.82) is 0 Å². The molecule has 21 heavy (non-hydrogen) atoms. The molecular weight excluding hydrogens is 330 g/mol. The molecule has 4 heteroatoms. The molecule has 3 nitrogen and oxygen atoms in total. The minimum Gasteiger partial charge on any atom is -0.493 e. The average Bonchev–Trinajstić information content (AvgIpc) is 2.95. The molecule has 0 saturated carbocycles. The van der Waals surface area contributed by atoms with Gasteiger partial charge in [-0.15, -0.1) is 0 Å². The second-order valence-corrected chi connectivity index (χ2v) is 6.35. The van der Waals surface area contributed by atoms with Crippen molar-refractivity contribution in [2.75, 3.05) is 18.5 Å². The number of hydrogen-bond acceptors (Lipinski definition) is 3. The van der Waals surface area contributed by atoms with Crippen LogP contribution in [0.5, 0.6) is 11.5 Å². The summed E-state index contributed by atoms with van der Waals surface area (Å²) in [5.74, 6) is 2.00. The molecule has 0 aliphatic carbocycles. The Balaban J connectivity index is 1.62. The quantitative estimate of drug-likeness (QED) is 0.879. The first-order valence-electron chi connectivity index (χ1n) is 7.24. The van der Waals surface area contributed by atoms with E-state index in [2.05, 4.69) is 45.5 Å². The highest BCUT2D eigenvalue weighted by Gasteiger charge is 2.22. The summed E-state index contributed by atoms with van der Waals surface area (Å²) in [5, 5.41) is 3.64. The van der Waals surface area contributed by atoms with Crippen molar-refractivity contribution in [2.24, 2.45) is 0 Å². The maximum atomic E-state index is 5.74. The second kappa shape index (κ2) is 5.26. The first-order valence-corrected chi connectivity index (χ1v) is 8.03. The molecule has 0 saturated heterocycles. The molecule has 0 bridgehead atoms. The average molecular weight is 346 g/mol. The van der Waals surface area contributed by atoms with E-state index in [9.17, 15) is 0 Å². The van der Waals surface area contributed by atoms with Gasteiger partial charge in [-0.1, -0.05) is 15.9 Å². The Morgan fingerprint density at radius 1 is 1.00 bits per heavy atom. The van der Waals surface area contributed by atoms with E-state index in [-0.39, 0.29) is 6.04 Å². The van der Waals surface area contributed by atoms with Crippen LogP contribution in [0.1, 0.15) is 23.6 Å². The Morgan fingerprint density at radius 3 is 2.81 bits per heavy atom. The summed E-state index contributed by atoms with van der Waals surface area (Å²) in [6, 6.07) is 12.8. The lowest BCUT2D eigenvalue weighted by molar-refractivity contribution is 0.274. The topological polar surface area (TPSA) is 30.5 Å². The van der Waals surface area contributed by atoms with Gasteiger partial charge in [0.05, 0.1) is 19.3 Å². The van der Waals surface area contributed by atoms with Gasteiger partial charge in [-0.2, -0.15) is 0 Å². The molecule has 0 spiro atoms. The Hall–Kier alpha value is -1.68. The zero-order valence-corrected chi connectivity index (χ0v) is 13.2. The first-order chi connectivity index (χ1) is 10.3.